The Morgan fingerprint density at radius 2 is 1.77 bits per heavy atom. The topological polar surface area (TPSA) is 41.6 Å². The summed E-state index contributed by atoms with van der Waals surface area (Å²) in [4.78, 5) is 14.2. The fourth-order valence-corrected chi connectivity index (χ4v) is 5.03. The molecule has 0 aromatic heterocycles. The molecule has 0 aliphatic carbocycles. The van der Waals surface area contributed by atoms with Crippen LogP contribution >= 0.6 is 0 Å². The number of carbonyl (C=O) groups is 1. The van der Waals surface area contributed by atoms with Gasteiger partial charge in [-0.25, -0.2) is 22.0 Å². The third-order valence-electron chi connectivity index (χ3n) is 6.72. The highest BCUT2D eigenvalue weighted by Gasteiger charge is 2.59. The van der Waals surface area contributed by atoms with Crippen LogP contribution in [0.1, 0.15) is 37.0 Å². The molecule has 35 heavy (non-hydrogen) atoms. The lowest BCUT2D eigenvalue weighted by atomic mass is 9.76. The highest BCUT2D eigenvalue weighted by molar-refractivity contribution is 6.08. The van der Waals surface area contributed by atoms with Crippen molar-refractivity contribution in [1.29, 1.82) is 0 Å². The highest BCUT2D eigenvalue weighted by atomic mass is 28.1. The van der Waals surface area contributed by atoms with Crippen molar-refractivity contribution in [2.24, 2.45) is 0 Å². The summed E-state index contributed by atoms with van der Waals surface area (Å²) in [6, 6.07) is 6.37. The highest BCUT2D eigenvalue weighted by Crippen LogP contribution is 2.55. The Kier molecular flexibility index (Phi) is 6.80. The van der Waals surface area contributed by atoms with Crippen LogP contribution in [0.4, 0.5) is 27.6 Å². The van der Waals surface area contributed by atoms with Gasteiger partial charge in [-0.15, -0.1) is 0 Å². The summed E-state index contributed by atoms with van der Waals surface area (Å²) in [6.07, 6.45) is 3.23. The molecule has 10 heteroatoms. The second kappa shape index (κ2) is 9.38. The fourth-order valence-electron chi connectivity index (χ4n) is 4.85. The van der Waals surface area contributed by atoms with Gasteiger partial charge in [-0.3, -0.25) is 4.79 Å². The van der Waals surface area contributed by atoms with Gasteiger partial charge in [-0.2, -0.15) is 0 Å². The number of carbonyl (C=O) groups excluding carboxylic acids is 1. The lowest BCUT2D eigenvalue weighted by molar-refractivity contribution is -0.120. The molecule has 0 bridgehead atoms. The number of rotatable bonds is 7. The summed E-state index contributed by atoms with van der Waals surface area (Å²) in [6.45, 7) is 5.08. The maximum atomic E-state index is 14.3. The van der Waals surface area contributed by atoms with Crippen LogP contribution in [0.5, 0.6) is 0 Å². The molecule has 2 heterocycles. The molecule has 2 aliphatic heterocycles. The Balaban J connectivity index is 1.69. The normalized spacial score (nSPS) is 20.4. The maximum absolute atomic E-state index is 14.3. The number of hydrogen-bond donors (Lipinski definition) is 1. The smallest absolute Gasteiger partial charge is 0.224 e. The predicted molar refractivity (Wildman–Crippen MR) is 123 cm³/mol. The van der Waals surface area contributed by atoms with Crippen molar-refractivity contribution in [3.8, 4) is 0 Å². The lowest BCUT2D eigenvalue weighted by Crippen LogP contribution is -2.51. The number of benzene rings is 2. The zero-order valence-corrected chi connectivity index (χ0v) is 20.3. The minimum Gasteiger partial charge on any atom is -0.356 e. The first kappa shape index (κ1) is 25.4. The standard InChI is InChI=1S/C25H24F5N2O2Si/c1-24(2)16-12-14(13-18(33)31-8-3-11-35)4-5-17(16)32-9-10-34-25(24,32)7-6-15-19(26)21(28)23(30)22(29)20(15)27/h4-7,12H,3,8-11,13H2,1-2H3,(H,31,33)/b7-6+. The molecule has 1 saturated heterocycles. The molecule has 1 unspecified atom stereocenters. The van der Waals surface area contributed by atoms with Crippen LogP contribution in [0.15, 0.2) is 24.3 Å². The zero-order chi connectivity index (χ0) is 25.5. The zero-order valence-electron chi connectivity index (χ0n) is 19.3. The van der Waals surface area contributed by atoms with E-state index in [1.165, 1.54) is 6.08 Å². The molecule has 1 atom stereocenters. The monoisotopic (exact) mass is 507 g/mol. The number of halogens is 5. The minimum absolute atomic E-state index is 0.112. The molecule has 1 amide bonds. The van der Waals surface area contributed by atoms with Crippen LogP contribution in [0.3, 0.4) is 0 Å². The number of fused-ring (bicyclic) bond motifs is 3. The number of anilines is 1. The quantitative estimate of drug-likeness (QED) is 0.197. The van der Waals surface area contributed by atoms with E-state index in [1.54, 1.807) is 0 Å². The van der Waals surface area contributed by atoms with E-state index in [9.17, 15) is 26.7 Å². The lowest BCUT2D eigenvalue weighted by Gasteiger charge is -2.39. The van der Waals surface area contributed by atoms with Gasteiger partial charge in [-0.05, 0) is 35.8 Å². The van der Waals surface area contributed by atoms with E-state index in [2.05, 4.69) is 15.6 Å². The third-order valence-corrected chi connectivity index (χ3v) is 7.07. The van der Waals surface area contributed by atoms with Crippen LogP contribution in [0.25, 0.3) is 6.08 Å². The van der Waals surface area contributed by atoms with Crippen LogP contribution in [0.2, 0.25) is 6.04 Å². The molecule has 4 rings (SSSR count). The minimum atomic E-state index is -2.20. The first-order chi connectivity index (χ1) is 16.5. The van der Waals surface area contributed by atoms with E-state index in [1.807, 2.05) is 36.9 Å². The number of amides is 1. The van der Waals surface area contributed by atoms with Crippen molar-refractivity contribution in [3.63, 3.8) is 0 Å². The second-order valence-electron chi connectivity index (χ2n) is 9.12. The van der Waals surface area contributed by atoms with Gasteiger partial charge in [0.25, 0.3) is 0 Å². The van der Waals surface area contributed by atoms with E-state index in [0.29, 0.717) is 19.7 Å². The Bertz CT molecular complexity index is 1170. The first-order valence-corrected chi connectivity index (χ1v) is 11.9. The van der Waals surface area contributed by atoms with Crippen molar-refractivity contribution in [3.05, 3.63) is 70.1 Å². The largest absolute Gasteiger partial charge is 0.356 e. The fraction of sp³-hybridized carbons (Fsp3) is 0.400. The van der Waals surface area contributed by atoms with Gasteiger partial charge < -0.3 is 15.0 Å². The SMILES string of the molecule is CC1(C)c2cc(CC(=O)NCCC[Si])ccc2N2CCOC21/C=C/c1c(F)c(F)c(F)c(F)c1F. The first-order valence-electron chi connectivity index (χ1n) is 11.2. The van der Waals surface area contributed by atoms with Crippen LogP contribution in [-0.2, 0) is 21.4 Å². The summed E-state index contributed by atoms with van der Waals surface area (Å²) < 4.78 is 75.5. The predicted octanol–water partition coefficient (Wildman–Crippen LogP) is 4.56. The second-order valence-corrected chi connectivity index (χ2v) is 9.62. The molecule has 0 saturated carbocycles. The van der Waals surface area contributed by atoms with E-state index < -0.39 is 45.8 Å². The van der Waals surface area contributed by atoms with Gasteiger partial charge in [0, 0.05) is 34.4 Å². The maximum Gasteiger partial charge on any atom is 0.224 e. The van der Waals surface area contributed by atoms with Gasteiger partial charge in [0.2, 0.25) is 11.7 Å². The Morgan fingerprint density at radius 3 is 2.43 bits per heavy atom. The van der Waals surface area contributed by atoms with Gasteiger partial charge in [0.1, 0.15) is 0 Å². The van der Waals surface area contributed by atoms with Crippen molar-refractivity contribution in [1.82, 2.24) is 5.32 Å². The molecule has 2 aromatic carbocycles. The van der Waals surface area contributed by atoms with Crippen LogP contribution < -0.4 is 10.2 Å². The van der Waals surface area contributed by atoms with Gasteiger partial charge in [0.05, 0.1) is 18.6 Å². The summed E-state index contributed by atoms with van der Waals surface area (Å²) in [7, 11) is 3.37. The molecule has 2 aliphatic rings. The average molecular weight is 508 g/mol. The van der Waals surface area contributed by atoms with E-state index >= 15 is 0 Å². The van der Waals surface area contributed by atoms with Gasteiger partial charge >= 0.3 is 0 Å². The number of hydrogen-bond acceptors (Lipinski definition) is 3. The Morgan fingerprint density at radius 1 is 1.11 bits per heavy atom. The van der Waals surface area contributed by atoms with Gasteiger partial charge in [0.15, 0.2) is 29.0 Å². The Labute approximate surface area is 203 Å². The molecule has 3 radical (unpaired) electrons. The van der Waals surface area contributed by atoms with E-state index in [4.69, 9.17) is 4.74 Å². The molecule has 1 fully saturated rings. The van der Waals surface area contributed by atoms with Gasteiger partial charge in [-0.1, -0.05) is 32.0 Å². The molecule has 185 valence electrons. The van der Waals surface area contributed by atoms with Crippen molar-refractivity contribution < 1.29 is 31.5 Å². The van der Waals surface area contributed by atoms with Crippen molar-refractivity contribution >= 4 is 27.9 Å². The number of ether oxygens (including phenoxy) is 1. The molecule has 4 nitrogen and oxygen atoms in total. The molecule has 0 spiro atoms. The molecule has 2 aromatic rings. The average Bonchev–Trinajstić information content (AvgIpc) is 3.33. The summed E-state index contributed by atoms with van der Waals surface area (Å²) in [5.74, 6) is -10.1. The summed E-state index contributed by atoms with van der Waals surface area (Å²) in [5.41, 5.74) is -0.567. The van der Waals surface area contributed by atoms with Crippen molar-refractivity contribution in [2.45, 2.75) is 43.9 Å². The third kappa shape index (κ3) is 4.06. The number of nitrogens with one attached hydrogen (secondary N) is 1. The molecular weight excluding hydrogens is 483 g/mol. The summed E-state index contributed by atoms with van der Waals surface area (Å²) >= 11 is 0. The van der Waals surface area contributed by atoms with E-state index in [0.717, 1.165) is 35.4 Å². The number of nitrogens with zero attached hydrogens (tertiary/aromatic N) is 1. The van der Waals surface area contributed by atoms with Crippen molar-refractivity contribution in [2.75, 3.05) is 24.6 Å². The molecular formula is C25H24F5N2O2Si. The summed E-state index contributed by atoms with van der Waals surface area (Å²) in [5, 5.41) is 2.85. The molecule has 1 N–H and O–H groups in total. The Hall–Kier alpha value is -2.72. The van der Waals surface area contributed by atoms with Crippen LogP contribution in [-0.4, -0.2) is 41.6 Å². The van der Waals surface area contributed by atoms with E-state index in [-0.39, 0.29) is 12.3 Å². The van der Waals surface area contributed by atoms with Crippen LogP contribution in [0, 0.1) is 29.1 Å².